The van der Waals surface area contributed by atoms with Crippen LogP contribution < -0.4 is 4.90 Å². The van der Waals surface area contributed by atoms with E-state index < -0.39 is 12.1 Å². The first-order valence-electron chi connectivity index (χ1n) is 8.77. The summed E-state index contributed by atoms with van der Waals surface area (Å²) in [6.07, 6.45) is 1.57. The summed E-state index contributed by atoms with van der Waals surface area (Å²) in [6, 6.07) is 9.62. The number of anilines is 1. The van der Waals surface area contributed by atoms with E-state index in [-0.39, 0.29) is 5.89 Å². The van der Waals surface area contributed by atoms with Crippen LogP contribution in [-0.4, -0.2) is 34.2 Å². The van der Waals surface area contributed by atoms with Gasteiger partial charge in [-0.25, -0.2) is 9.78 Å². The zero-order valence-electron chi connectivity index (χ0n) is 14.8. The number of hydrogen-bond acceptors (Lipinski definition) is 7. The van der Waals surface area contributed by atoms with E-state index in [1.807, 2.05) is 30.3 Å². The van der Waals surface area contributed by atoms with E-state index in [2.05, 4.69) is 15.1 Å². The predicted octanol–water partition coefficient (Wildman–Crippen LogP) is 3.44. The first-order valence-corrected chi connectivity index (χ1v) is 8.77. The highest BCUT2D eigenvalue weighted by atomic mass is 16.6. The molecule has 7 nitrogen and oxygen atoms in total. The Morgan fingerprint density at radius 2 is 2.00 bits per heavy atom. The number of nitrogens with zero attached hydrogens (tertiary/aromatic N) is 4. The molecule has 1 atom stereocenters. The van der Waals surface area contributed by atoms with Gasteiger partial charge >= 0.3 is 5.97 Å². The zero-order valence-corrected chi connectivity index (χ0v) is 14.8. The molecule has 26 heavy (non-hydrogen) atoms. The maximum Gasteiger partial charge on any atom is 0.342 e. The van der Waals surface area contributed by atoms with Crippen molar-refractivity contribution in [1.29, 1.82) is 0 Å². The summed E-state index contributed by atoms with van der Waals surface area (Å²) in [5.74, 6) is 0.967. The fourth-order valence-electron chi connectivity index (χ4n) is 3.18. The lowest BCUT2D eigenvalue weighted by atomic mass is 10.1. The molecule has 1 aromatic carbocycles. The average Bonchev–Trinajstić information content (AvgIpc) is 3.32. The number of aromatic nitrogens is 3. The molecule has 1 unspecified atom stereocenters. The van der Waals surface area contributed by atoms with Crippen molar-refractivity contribution in [2.24, 2.45) is 0 Å². The van der Waals surface area contributed by atoms with Crippen LogP contribution in [0.5, 0.6) is 0 Å². The van der Waals surface area contributed by atoms with Crippen LogP contribution in [0.3, 0.4) is 0 Å². The SMILES string of the molecule is Cc1nnc(C(C)OC(=O)c2cc3ccccc3nc2N2CCCC2)o1. The van der Waals surface area contributed by atoms with Crippen molar-refractivity contribution in [3.63, 3.8) is 0 Å². The Labute approximate surface area is 151 Å². The van der Waals surface area contributed by atoms with Crippen molar-refractivity contribution in [2.45, 2.75) is 32.8 Å². The van der Waals surface area contributed by atoms with Gasteiger partial charge in [-0.15, -0.1) is 10.2 Å². The second-order valence-electron chi connectivity index (χ2n) is 6.45. The number of pyridine rings is 1. The molecule has 7 heteroatoms. The van der Waals surface area contributed by atoms with Gasteiger partial charge in [-0.05, 0) is 31.9 Å². The Bertz CT molecular complexity index is 947. The Morgan fingerprint density at radius 3 is 2.73 bits per heavy atom. The number of ether oxygens (including phenoxy) is 1. The highest BCUT2D eigenvalue weighted by molar-refractivity contribution is 5.99. The summed E-state index contributed by atoms with van der Waals surface area (Å²) in [5, 5.41) is 8.61. The number of rotatable bonds is 4. The van der Waals surface area contributed by atoms with E-state index in [4.69, 9.17) is 14.1 Å². The smallest absolute Gasteiger partial charge is 0.342 e. The molecule has 3 heterocycles. The average molecular weight is 352 g/mol. The second kappa shape index (κ2) is 6.74. The van der Waals surface area contributed by atoms with Gasteiger partial charge in [-0.3, -0.25) is 0 Å². The summed E-state index contributed by atoms with van der Waals surface area (Å²) in [7, 11) is 0. The Balaban J connectivity index is 1.68. The fourth-order valence-corrected chi connectivity index (χ4v) is 3.18. The molecule has 4 rings (SSSR count). The van der Waals surface area contributed by atoms with Gasteiger partial charge < -0.3 is 14.1 Å². The van der Waals surface area contributed by atoms with Crippen LogP contribution >= 0.6 is 0 Å². The van der Waals surface area contributed by atoms with Crippen LogP contribution in [0.25, 0.3) is 10.9 Å². The molecule has 0 spiro atoms. The van der Waals surface area contributed by atoms with Crippen LogP contribution in [0, 0.1) is 6.92 Å². The fraction of sp³-hybridized carbons (Fsp3) is 0.368. The van der Waals surface area contributed by atoms with E-state index in [0.717, 1.165) is 36.8 Å². The quantitative estimate of drug-likeness (QED) is 0.665. The van der Waals surface area contributed by atoms with E-state index >= 15 is 0 Å². The summed E-state index contributed by atoms with van der Waals surface area (Å²) in [6.45, 7) is 5.20. The third kappa shape index (κ3) is 3.12. The highest BCUT2D eigenvalue weighted by Gasteiger charge is 2.25. The van der Waals surface area contributed by atoms with Gasteiger partial charge in [0.15, 0.2) is 6.10 Å². The van der Waals surface area contributed by atoms with E-state index in [0.29, 0.717) is 17.3 Å². The van der Waals surface area contributed by atoms with Crippen molar-refractivity contribution >= 4 is 22.7 Å². The maximum atomic E-state index is 12.9. The van der Waals surface area contributed by atoms with Gasteiger partial charge in [0.25, 0.3) is 5.89 Å². The minimum atomic E-state index is -0.624. The van der Waals surface area contributed by atoms with Gasteiger partial charge in [0, 0.05) is 25.4 Å². The zero-order chi connectivity index (χ0) is 18.1. The number of carbonyl (C=O) groups is 1. The summed E-state index contributed by atoms with van der Waals surface area (Å²) in [4.78, 5) is 19.8. The standard InChI is InChI=1S/C19H20N4O3/c1-12(18-22-21-13(2)26-18)25-19(24)15-11-14-7-3-4-8-16(14)20-17(15)23-9-5-6-10-23/h3-4,7-8,11-12H,5-6,9-10H2,1-2H3. The van der Waals surface area contributed by atoms with Crippen molar-refractivity contribution in [2.75, 3.05) is 18.0 Å². The van der Waals surface area contributed by atoms with Gasteiger partial charge in [0.1, 0.15) is 11.4 Å². The molecule has 0 aliphatic carbocycles. The van der Waals surface area contributed by atoms with E-state index in [1.54, 1.807) is 13.8 Å². The van der Waals surface area contributed by atoms with Crippen LogP contribution in [0.15, 0.2) is 34.7 Å². The molecule has 134 valence electrons. The number of aryl methyl sites for hydroxylation is 1. The number of esters is 1. The number of fused-ring (bicyclic) bond motifs is 1. The van der Waals surface area contributed by atoms with Gasteiger partial charge in [-0.2, -0.15) is 0 Å². The molecule has 1 saturated heterocycles. The van der Waals surface area contributed by atoms with E-state index in [1.165, 1.54) is 0 Å². The normalized spacial score (nSPS) is 15.4. The van der Waals surface area contributed by atoms with Crippen molar-refractivity contribution in [1.82, 2.24) is 15.2 Å². The van der Waals surface area contributed by atoms with Crippen LogP contribution in [0.4, 0.5) is 5.82 Å². The van der Waals surface area contributed by atoms with Gasteiger partial charge in [-0.1, -0.05) is 18.2 Å². The Morgan fingerprint density at radius 1 is 1.23 bits per heavy atom. The third-order valence-electron chi connectivity index (χ3n) is 4.50. The monoisotopic (exact) mass is 352 g/mol. The van der Waals surface area contributed by atoms with Gasteiger partial charge in [0.2, 0.25) is 5.89 Å². The lowest BCUT2D eigenvalue weighted by Crippen LogP contribution is -2.23. The number of hydrogen-bond donors (Lipinski definition) is 0. The van der Waals surface area contributed by atoms with Gasteiger partial charge in [0.05, 0.1) is 5.52 Å². The predicted molar refractivity (Wildman–Crippen MR) is 96.1 cm³/mol. The van der Waals surface area contributed by atoms with Crippen molar-refractivity contribution in [3.8, 4) is 0 Å². The molecule has 1 aliphatic rings. The Kier molecular flexibility index (Phi) is 4.28. The van der Waals surface area contributed by atoms with E-state index in [9.17, 15) is 4.79 Å². The van der Waals surface area contributed by atoms with Crippen LogP contribution in [-0.2, 0) is 4.74 Å². The number of para-hydroxylation sites is 1. The lowest BCUT2D eigenvalue weighted by Gasteiger charge is -2.20. The summed E-state index contributed by atoms with van der Waals surface area (Å²) < 4.78 is 10.9. The highest BCUT2D eigenvalue weighted by Crippen LogP contribution is 2.28. The first kappa shape index (κ1) is 16.5. The lowest BCUT2D eigenvalue weighted by molar-refractivity contribution is 0.0277. The minimum absolute atomic E-state index is 0.285. The third-order valence-corrected chi connectivity index (χ3v) is 4.50. The van der Waals surface area contributed by atoms with Crippen LogP contribution in [0.2, 0.25) is 0 Å². The molecule has 1 aliphatic heterocycles. The minimum Gasteiger partial charge on any atom is -0.449 e. The summed E-state index contributed by atoms with van der Waals surface area (Å²) >= 11 is 0. The molecular formula is C19H20N4O3. The molecule has 3 aromatic rings. The topological polar surface area (TPSA) is 81.3 Å². The van der Waals surface area contributed by atoms with Crippen LogP contribution in [0.1, 0.15) is 48.0 Å². The number of carbonyl (C=O) groups excluding carboxylic acids is 1. The second-order valence-corrected chi connectivity index (χ2v) is 6.45. The molecule has 1 fully saturated rings. The molecular weight excluding hydrogens is 332 g/mol. The largest absolute Gasteiger partial charge is 0.449 e. The summed E-state index contributed by atoms with van der Waals surface area (Å²) in [5.41, 5.74) is 1.33. The maximum absolute atomic E-state index is 12.9. The molecule has 0 radical (unpaired) electrons. The molecule has 0 bridgehead atoms. The molecule has 2 aromatic heterocycles. The first-order chi connectivity index (χ1) is 12.6. The van der Waals surface area contributed by atoms with Crippen molar-refractivity contribution in [3.05, 3.63) is 47.7 Å². The molecule has 0 amide bonds. The van der Waals surface area contributed by atoms with Crippen molar-refractivity contribution < 1.29 is 13.9 Å². The number of benzene rings is 1. The molecule has 0 N–H and O–H groups in total. The Hall–Kier alpha value is -2.96. The molecule has 0 saturated carbocycles.